The summed E-state index contributed by atoms with van der Waals surface area (Å²) in [6.07, 6.45) is 8.52. The van der Waals surface area contributed by atoms with E-state index in [-0.39, 0.29) is 6.73 Å². The van der Waals surface area contributed by atoms with Crippen LogP contribution in [0.15, 0.2) is 23.3 Å². The minimum absolute atomic E-state index is 0.0694. The van der Waals surface area contributed by atoms with Crippen LogP contribution in [0.3, 0.4) is 0 Å². The van der Waals surface area contributed by atoms with Gasteiger partial charge >= 0.3 is 0 Å². The normalized spacial score (nSPS) is 24.6. The third kappa shape index (κ3) is 7.59. The van der Waals surface area contributed by atoms with E-state index in [2.05, 4.69) is 50.1 Å². The minimum Gasteiger partial charge on any atom is -0.381 e. The highest BCUT2D eigenvalue weighted by Crippen LogP contribution is 2.26. The molecule has 3 unspecified atom stereocenters. The smallest absolute Gasteiger partial charge is 0.0933 e. The topological polar surface area (TPSA) is 70.8 Å². The van der Waals surface area contributed by atoms with Crippen LogP contribution in [0.2, 0.25) is 0 Å². The van der Waals surface area contributed by atoms with E-state index < -0.39 is 0 Å². The Labute approximate surface area is 154 Å². The molecule has 0 spiro atoms. The van der Waals surface area contributed by atoms with Crippen molar-refractivity contribution in [3.05, 3.63) is 23.3 Å². The van der Waals surface area contributed by atoms with Gasteiger partial charge in [-0.15, -0.1) is 0 Å². The fourth-order valence-electron chi connectivity index (χ4n) is 3.61. The second-order valence-electron chi connectivity index (χ2n) is 7.06. The van der Waals surface area contributed by atoms with Crippen LogP contribution in [-0.2, 0) is 4.74 Å². The number of rotatable bonds is 11. The molecule has 0 aromatic rings. The zero-order valence-corrected chi connectivity index (χ0v) is 16.6. The average Bonchev–Trinajstić information content (AvgIpc) is 2.60. The van der Waals surface area contributed by atoms with Crippen LogP contribution in [0, 0.1) is 0 Å². The molecule has 1 fully saturated rings. The molecule has 1 heterocycles. The number of aliphatic hydroxyl groups excluding tert-OH is 1. The van der Waals surface area contributed by atoms with Gasteiger partial charge in [-0.3, -0.25) is 10.2 Å². The van der Waals surface area contributed by atoms with Crippen LogP contribution < -0.4 is 11.1 Å². The third-order valence-electron chi connectivity index (χ3n) is 5.28. The Morgan fingerprint density at radius 1 is 1.48 bits per heavy atom. The van der Waals surface area contributed by atoms with Gasteiger partial charge in [0.15, 0.2) is 0 Å². The molecule has 1 aliphatic heterocycles. The van der Waals surface area contributed by atoms with E-state index in [4.69, 9.17) is 15.6 Å². The molecule has 5 nitrogen and oxygen atoms in total. The molecule has 146 valence electrons. The molecule has 1 aliphatic rings. The molecular formula is C20H39N3O2. The first-order valence-corrected chi connectivity index (χ1v) is 9.79. The maximum Gasteiger partial charge on any atom is 0.0933 e. The predicted molar refractivity (Wildman–Crippen MR) is 105 cm³/mol. The summed E-state index contributed by atoms with van der Waals surface area (Å²) in [5, 5.41) is 12.3. The van der Waals surface area contributed by atoms with Gasteiger partial charge < -0.3 is 15.6 Å². The Kier molecular flexibility index (Phi) is 11.3. The molecule has 3 atom stereocenters. The Morgan fingerprint density at radius 3 is 2.84 bits per heavy atom. The molecule has 0 aromatic carbocycles. The lowest BCUT2D eigenvalue weighted by molar-refractivity contribution is 0.100. The highest BCUT2D eigenvalue weighted by atomic mass is 16.5. The first-order valence-electron chi connectivity index (χ1n) is 9.79. The van der Waals surface area contributed by atoms with E-state index in [0.717, 1.165) is 38.8 Å². The van der Waals surface area contributed by atoms with Crippen molar-refractivity contribution in [3.63, 3.8) is 0 Å². The number of nitrogens with zero attached hydrogens (tertiary/aromatic N) is 1. The predicted octanol–water partition coefficient (Wildman–Crippen LogP) is 2.42. The number of hydrogen-bond donors (Lipinski definition) is 3. The van der Waals surface area contributed by atoms with E-state index in [9.17, 15) is 0 Å². The zero-order valence-electron chi connectivity index (χ0n) is 16.6. The minimum atomic E-state index is 0.0694. The number of ether oxygens (including phenoxy) is 1. The average molecular weight is 354 g/mol. The molecule has 0 bridgehead atoms. The quantitative estimate of drug-likeness (QED) is 0.302. The molecule has 0 aliphatic carbocycles. The SMILES string of the molecule is CC/C(C)=C(\C=C/COCCCN)C(C)N1CCC(NCO)CC1C. The highest BCUT2D eigenvalue weighted by Gasteiger charge is 2.29. The summed E-state index contributed by atoms with van der Waals surface area (Å²) in [6, 6.07) is 1.32. The summed E-state index contributed by atoms with van der Waals surface area (Å²) >= 11 is 0. The van der Waals surface area contributed by atoms with Crippen molar-refractivity contribution in [2.75, 3.05) is 33.0 Å². The molecule has 25 heavy (non-hydrogen) atoms. The Morgan fingerprint density at radius 2 is 2.24 bits per heavy atom. The maximum absolute atomic E-state index is 9.09. The van der Waals surface area contributed by atoms with Crippen LogP contribution in [0.5, 0.6) is 0 Å². The van der Waals surface area contributed by atoms with E-state index in [0.29, 0.717) is 31.3 Å². The van der Waals surface area contributed by atoms with E-state index >= 15 is 0 Å². The lowest BCUT2D eigenvalue weighted by Crippen LogP contribution is -2.51. The molecule has 0 aromatic heterocycles. The molecule has 1 rings (SSSR count). The Bertz CT molecular complexity index is 423. The first-order chi connectivity index (χ1) is 12.0. The van der Waals surface area contributed by atoms with Gasteiger partial charge in [0.1, 0.15) is 0 Å². The van der Waals surface area contributed by atoms with Crippen molar-refractivity contribution in [3.8, 4) is 0 Å². The summed E-state index contributed by atoms with van der Waals surface area (Å²) in [5.74, 6) is 0. The van der Waals surface area contributed by atoms with Crippen molar-refractivity contribution in [1.29, 1.82) is 0 Å². The number of allylic oxidation sites excluding steroid dienone is 1. The van der Waals surface area contributed by atoms with Crippen LogP contribution >= 0.6 is 0 Å². The first kappa shape index (κ1) is 22.3. The molecular weight excluding hydrogens is 314 g/mol. The largest absolute Gasteiger partial charge is 0.381 e. The second kappa shape index (κ2) is 12.6. The molecule has 1 saturated heterocycles. The van der Waals surface area contributed by atoms with Crippen LogP contribution in [0.25, 0.3) is 0 Å². The fraction of sp³-hybridized carbons (Fsp3) is 0.800. The monoisotopic (exact) mass is 353 g/mol. The summed E-state index contributed by atoms with van der Waals surface area (Å²) in [7, 11) is 0. The van der Waals surface area contributed by atoms with Crippen molar-refractivity contribution in [2.24, 2.45) is 5.73 Å². The standard InChI is InChI=1S/C20H39N3O2/c1-5-16(2)20(8-6-12-25-13-7-10-21)18(4)23-11-9-19(22-15-24)14-17(23)3/h6,8,17-19,22,24H,5,7,9-15,21H2,1-4H3/b8-6-,20-16+. The summed E-state index contributed by atoms with van der Waals surface area (Å²) in [6.45, 7) is 12.2. The van der Waals surface area contributed by atoms with Crippen LogP contribution in [-0.4, -0.2) is 61.2 Å². The van der Waals surface area contributed by atoms with E-state index in [1.807, 2.05) is 0 Å². The number of piperidine rings is 1. The molecule has 5 heteroatoms. The van der Waals surface area contributed by atoms with Crippen molar-refractivity contribution < 1.29 is 9.84 Å². The van der Waals surface area contributed by atoms with E-state index in [1.165, 1.54) is 11.1 Å². The summed E-state index contributed by atoms with van der Waals surface area (Å²) < 4.78 is 5.59. The van der Waals surface area contributed by atoms with Gasteiger partial charge in [0.2, 0.25) is 0 Å². The Balaban J connectivity index is 2.68. The lowest BCUT2D eigenvalue weighted by atomic mass is 9.92. The maximum atomic E-state index is 9.09. The van der Waals surface area contributed by atoms with Gasteiger partial charge in [-0.05, 0) is 58.6 Å². The van der Waals surface area contributed by atoms with E-state index in [1.54, 1.807) is 0 Å². The highest BCUT2D eigenvalue weighted by molar-refractivity contribution is 5.30. The zero-order chi connectivity index (χ0) is 18.7. The third-order valence-corrected chi connectivity index (χ3v) is 5.28. The second-order valence-corrected chi connectivity index (χ2v) is 7.06. The van der Waals surface area contributed by atoms with Gasteiger partial charge in [0, 0.05) is 31.3 Å². The molecule has 0 saturated carbocycles. The number of aliphatic hydroxyl groups is 1. The number of hydrogen-bond acceptors (Lipinski definition) is 5. The van der Waals surface area contributed by atoms with Crippen molar-refractivity contribution >= 4 is 0 Å². The molecule has 0 radical (unpaired) electrons. The lowest BCUT2D eigenvalue weighted by Gasteiger charge is -2.42. The molecule has 0 amide bonds. The number of likely N-dealkylation sites (tertiary alicyclic amines) is 1. The van der Waals surface area contributed by atoms with Gasteiger partial charge in [-0.1, -0.05) is 24.6 Å². The number of nitrogens with one attached hydrogen (secondary N) is 1. The van der Waals surface area contributed by atoms with Gasteiger partial charge in [0.05, 0.1) is 13.3 Å². The van der Waals surface area contributed by atoms with Crippen LogP contribution in [0.1, 0.15) is 53.4 Å². The molecule has 4 N–H and O–H groups in total. The fourth-order valence-corrected chi connectivity index (χ4v) is 3.61. The summed E-state index contributed by atoms with van der Waals surface area (Å²) in [4.78, 5) is 2.59. The van der Waals surface area contributed by atoms with Crippen LogP contribution in [0.4, 0.5) is 0 Å². The van der Waals surface area contributed by atoms with Gasteiger partial charge in [0.25, 0.3) is 0 Å². The van der Waals surface area contributed by atoms with Crippen molar-refractivity contribution in [1.82, 2.24) is 10.2 Å². The summed E-state index contributed by atoms with van der Waals surface area (Å²) in [5.41, 5.74) is 8.33. The number of nitrogens with two attached hydrogens (primary N) is 1. The Hall–Kier alpha value is -0.720. The van der Waals surface area contributed by atoms with Crippen molar-refractivity contribution in [2.45, 2.75) is 71.5 Å². The van der Waals surface area contributed by atoms with Gasteiger partial charge in [-0.2, -0.15) is 0 Å². The van der Waals surface area contributed by atoms with Gasteiger partial charge in [-0.25, -0.2) is 0 Å².